The lowest BCUT2D eigenvalue weighted by molar-refractivity contribution is -0.191. The van der Waals surface area contributed by atoms with Gasteiger partial charge >= 0.3 is 6.18 Å². The van der Waals surface area contributed by atoms with Gasteiger partial charge in [0.05, 0.1) is 13.2 Å². The molecule has 0 unspecified atom stereocenters. The molecule has 90 valence electrons. The van der Waals surface area contributed by atoms with Crippen molar-refractivity contribution in [3.63, 3.8) is 0 Å². The molecule has 2 N–H and O–H groups in total. The largest absolute Gasteiger partial charge is 0.414 e. The van der Waals surface area contributed by atoms with E-state index in [9.17, 15) is 18.0 Å². The van der Waals surface area contributed by atoms with E-state index in [0.29, 0.717) is 13.2 Å². The van der Waals surface area contributed by atoms with E-state index in [-0.39, 0.29) is 6.54 Å². The van der Waals surface area contributed by atoms with E-state index in [2.05, 4.69) is 14.9 Å². The standard InChI is InChI=1S/C7H13F3N2O3/c1-14-3-2-11-4-6(13)12-15-5-7(8,9)10/h11H,2-5H2,1H3,(H,12,13). The quantitative estimate of drug-likeness (QED) is 0.471. The van der Waals surface area contributed by atoms with Gasteiger partial charge in [-0.15, -0.1) is 0 Å². The van der Waals surface area contributed by atoms with Crippen molar-refractivity contribution < 1.29 is 27.5 Å². The summed E-state index contributed by atoms with van der Waals surface area (Å²) in [4.78, 5) is 14.7. The minimum atomic E-state index is -4.45. The van der Waals surface area contributed by atoms with Crippen molar-refractivity contribution in [2.75, 3.05) is 33.4 Å². The number of methoxy groups -OCH3 is 1. The zero-order valence-corrected chi connectivity index (χ0v) is 8.19. The van der Waals surface area contributed by atoms with Crippen molar-refractivity contribution in [2.45, 2.75) is 6.18 Å². The smallest absolute Gasteiger partial charge is 0.383 e. The van der Waals surface area contributed by atoms with E-state index >= 15 is 0 Å². The van der Waals surface area contributed by atoms with Crippen LogP contribution in [-0.2, 0) is 14.4 Å². The maximum absolute atomic E-state index is 11.6. The van der Waals surface area contributed by atoms with E-state index < -0.39 is 18.7 Å². The zero-order chi connectivity index (χ0) is 11.7. The Morgan fingerprint density at radius 2 is 2.07 bits per heavy atom. The maximum Gasteiger partial charge on any atom is 0.414 e. The summed E-state index contributed by atoms with van der Waals surface area (Å²) in [6.07, 6.45) is -4.45. The number of amides is 1. The van der Waals surface area contributed by atoms with Gasteiger partial charge in [-0.2, -0.15) is 13.2 Å². The van der Waals surface area contributed by atoms with Gasteiger partial charge in [0, 0.05) is 13.7 Å². The predicted molar refractivity (Wildman–Crippen MR) is 44.9 cm³/mol. The lowest BCUT2D eigenvalue weighted by Gasteiger charge is -2.08. The molecule has 0 aliphatic heterocycles. The molecule has 5 nitrogen and oxygen atoms in total. The topological polar surface area (TPSA) is 59.6 Å². The Kier molecular flexibility index (Phi) is 7.01. The highest BCUT2D eigenvalue weighted by atomic mass is 19.4. The summed E-state index contributed by atoms with van der Waals surface area (Å²) in [7, 11) is 1.49. The fourth-order valence-electron chi connectivity index (χ4n) is 0.611. The van der Waals surface area contributed by atoms with Gasteiger partial charge in [-0.3, -0.25) is 9.63 Å². The van der Waals surface area contributed by atoms with Gasteiger partial charge in [-0.1, -0.05) is 0 Å². The fraction of sp³-hybridized carbons (Fsp3) is 0.857. The van der Waals surface area contributed by atoms with Crippen LogP contribution in [0.15, 0.2) is 0 Å². The van der Waals surface area contributed by atoms with Crippen molar-refractivity contribution >= 4 is 5.91 Å². The highest BCUT2D eigenvalue weighted by molar-refractivity contribution is 5.76. The lowest BCUT2D eigenvalue weighted by atomic mass is 10.6. The molecule has 0 rings (SSSR count). The summed E-state index contributed by atoms with van der Waals surface area (Å²) in [5.41, 5.74) is 1.65. The van der Waals surface area contributed by atoms with Crippen LogP contribution in [0.3, 0.4) is 0 Å². The summed E-state index contributed by atoms with van der Waals surface area (Å²) >= 11 is 0. The van der Waals surface area contributed by atoms with E-state index in [1.54, 1.807) is 5.48 Å². The molecular formula is C7H13F3N2O3. The molecule has 0 radical (unpaired) electrons. The molecule has 0 atom stereocenters. The summed E-state index contributed by atoms with van der Waals surface area (Å²) in [6, 6.07) is 0. The lowest BCUT2D eigenvalue weighted by Crippen LogP contribution is -2.37. The van der Waals surface area contributed by atoms with Crippen LogP contribution in [0.4, 0.5) is 13.2 Å². The van der Waals surface area contributed by atoms with Crippen LogP contribution < -0.4 is 10.8 Å². The third-order valence-electron chi connectivity index (χ3n) is 1.19. The van der Waals surface area contributed by atoms with Crippen LogP contribution in [0.25, 0.3) is 0 Å². The summed E-state index contributed by atoms with van der Waals surface area (Å²) < 4.78 is 39.3. The van der Waals surface area contributed by atoms with Crippen molar-refractivity contribution in [3.8, 4) is 0 Å². The molecule has 0 saturated carbocycles. The first-order valence-electron chi connectivity index (χ1n) is 4.13. The minimum absolute atomic E-state index is 0.124. The van der Waals surface area contributed by atoms with Crippen molar-refractivity contribution in [1.29, 1.82) is 0 Å². The van der Waals surface area contributed by atoms with Crippen LogP contribution in [0.5, 0.6) is 0 Å². The Morgan fingerprint density at radius 3 is 2.60 bits per heavy atom. The van der Waals surface area contributed by atoms with Gasteiger partial charge in [0.2, 0.25) is 0 Å². The number of hydroxylamine groups is 1. The number of alkyl halides is 3. The number of halogens is 3. The van der Waals surface area contributed by atoms with Crippen molar-refractivity contribution in [3.05, 3.63) is 0 Å². The Morgan fingerprint density at radius 1 is 1.40 bits per heavy atom. The molecule has 0 saturated heterocycles. The van der Waals surface area contributed by atoms with Gasteiger partial charge in [0.15, 0.2) is 6.61 Å². The average molecular weight is 230 g/mol. The molecule has 1 amide bonds. The molecule has 0 aliphatic carbocycles. The number of ether oxygens (including phenoxy) is 1. The molecule has 0 aliphatic rings. The second-order valence-electron chi connectivity index (χ2n) is 2.60. The Bertz CT molecular complexity index is 187. The number of nitrogens with one attached hydrogen (secondary N) is 2. The molecule has 0 spiro atoms. The molecule has 0 aromatic heterocycles. The Labute approximate surface area is 84.9 Å². The number of carbonyl (C=O) groups is 1. The third-order valence-corrected chi connectivity index (χ3v) is 1.19. The average Bonchev–Trinajstić information content (AvgIpc) is 2.10. The molecule has 0 aromatic rings. The number of carbonyl (C=O) groups excluding carboxylic acids is 1. The Balaban J connectivity index is 3.34. The molecular weight excluding hydrogens is 217 g/mol. The van der Waals surface area contributed by atoms with Crippen LogP contribution in [0.2, 0.25) is 0 Å². The molecule has 0 fully saturated rings. The van der Waals surface area contributed by atoms with E-state index in [1.165, 1.54) is 7.11 Å². The first kappa shape index (κ1) is 14.1. The molecule has 0 bridgehead atoms. The van der Waals surface area contributed by atoms with Gasteiger partial charge in [-0.05, 0) is 0 Å². The normalized spacial score (nSPS) is 11.5. The van der Waals surface area contributed by atoms with Gasteiger partial charge in [0.25, 0.3) is 5.91 Å². The monoisotopic (exact) mass is 230 g/mol. The van der Waals surface area contributed by atoms with Crippen LogP contribution >= 0.6 is 0 Å². The SMILES string of the molecule is COCCNCC(=O)NOCC(F)(F)F. The molecule has 0 heterocycles. The van der Waals surface area contributed by atoms with Gasteiger partial charge < -0.3 is 10.1 Å². The van der Waals surface area contributed by atoms with Crippen LogP contribution in [0, 0.1) is 0 Å². The highest BCUT2D eigenvalue weighted by Gasteiger charge is 2.28. The summed E-state index contributed by atoms with van der Waals surface area (Å²) in [5, 5.41) is 2.64. The van der Waals surface area contributed by atoms with E-state index in [1.807, 2.05) is 0 Å². The zero-order valence-electron chi connectivity index (χ0n) is 8.19. The minimum Gasteiger partial charge on any atom is -0.383 e. The third kappa shape index (κ3) is 11.1. The number of hydrogen-bond donors (Lipinski definition) is 2. The van der Waals surface area contributed by atoms with E-state index in [4.69, 9.17) is 0 Å². The summed E-state index contributed by atoms with van der Waals surface area (Å²) in [6.45, 7) is -0.780. The first-order chi connectivity index (χ1) is 6.95. The summed E-state index contributed by atoms with van der Waals surface area (Å²) in [5.74, 6) is -0.671. The van der Waals surface area contributed by atoms with Crippen molar-refractivity contribution in [1.82, 2.24) is 10.8 Å². The molecule has 15 heavy (non-hydrogen) atoms. The number of rotatable bonds is 7. The molecule has 8 heteroatoms. The second kappa shape index (κ2) is 7.43. The van der Waals surface area contributed by atoms with Crippen LogP contribution in [-0.4, -0.2) is 45.5 Å². The second-order valence-corrected chi connectivity index (χ2v) is 2.60. The number of hydrogen-bond acceptors (Lipinski definition) is 4. The Hall–Kier alpha value is -0.860. The van der Waals surface area contributed by atoms with Gasteiger partial charge in [0.1, 0.15) is 0 Å². The van der Waals surface area contributed by atoms with Crippen LogP contribution in [0.1, 0.15) is 0 Å². The fourth-order valence-corrected chi connectivity index (χ4v) is 0.611. The first-order valence-corrected chi connectivity index (χ1v) is 4.13. The maximum atomic E-state index is 11.6. The predicted octanol–water partition coefficient (Wildman–Crippen LogP) is -0.168. The van der Waals surface area contributed by atoms with Crippen molar-refractivity contribution in [2.24, 2.45) is 0 Å². The van der Waals surface area contributed by atoms with Gasteiger partial charge in [-0.25, -0.2) is 5.48 Å². The highest BCUT2D eigenvalue weighted by Crippen LogP contribution is 2.13. The molecule has 0 aromatic carbocycles. The van der Waals surface area contributed by atoms with E-state index in [0.717, 1.165) is 0 Å².